The fraction of sp³-hybridized carbons (Fsp3) is 0.263. The summed E-state index contributed by atoms with van der Waals surface area (Å²) in [6.07, 6.45) is 3.28. The average Bonchev–Trinajstić information content (AvgIpc) is 3.20. The molecule has 0 atom stereocenters. The molecule has 1 saturated heterocycles. The van der Waals surface area contributed by atoms with Gasteiger partial charge in [0, 0.05) is 37.8 Å². The van der Waals surface area contributed by atoms with E-state index in [1.54, 1.807) is 22.3 Å². The number of hydrogen-bond donors (Lipinski definition) is 0. The molecule has 1 aromatic carbocycles. The minimum Gasteiger partial charge on any atom is -0.337 e. The number of carbonyl (C=O) groups excluding carboxylic acids is 2. The van der Waals surface area contributed by atoms with Gasteiger partial charge in [-0.2, -0.15) is 15.6 Å². The maximum atomic E-state index is 12.8. The summed E-state index contributed by atoms with van der Waals surface area (Å²) in [5.41, 5.74) is 1.45. The van der Waals surface area contributed by atoms with Gasteiger partial charge in [-0.25, -0.2) is 8.42 Å². The summed E-state index contributed by atoms with van der Waals surface area (Å²) < 4.78 is 26.9. The Labute approximate surface area is 162 Å². The lowest BCUT2D eigenvalue weighted by Gasteiger charge is -2.33. The monoisotopic (exact) mass is 404 g/mol. The molecule has 0 radical (unpaired) electrons. The van der Waals surface area contributed by atoms with Gasteiger partial charge in [0.1, 0.15) is 0 Å². The normalized spacial score (nSPS) is 16.0. The minimum absolute atomic E-state index is 0.110. The molecule has 0 N–H and O–H groups in total. The van der Waals surface area contributed by atoms with Gasteiger partial charge in [-0.3, -0.25) is 9.59 Å². The number of nitrogens with zero attached hydrogens (tertiary/aromatic N) is 2. The van der Waals surface area contributed by atoms with Crippen molar-refractivity contribution in [1.29, 1.82) is 0 Å². The number of benzene rings is 1. The summed E-state index contributed by atoms with van der Waals surface area (Å²) in [4.78, 5) is 25.4. The Morgan fingerprint density at radius 3 is 2.26 bits per heavy atom. The Morgan fingerprint density at radius 1 is 1.04 bits per heavy atom. The van der Waals surface area contributed by atoms with Crippen molar-refractivity contribution in [3.8, 4) is 0 Å². The van der Waals surface area contributed by atoms with Crippen LogP contribution in [0.2, 0.25) is 0 Å². The van der Waals surface area contributed by atoms with Crippen molar-refractivity contribution >= 4 is 39.1 Å². The molecule has 27 heavy (non-hydrogen) atoms. The Balaban J connectivity index is 1.62. The number of rotatable bonds is 5. The molecule has 2 aromatic rings. The predicted octanol–water partition coefficient (Wildman–Crippen LogP) is 2.50. The first-order valence-corrected chi connectivity index (χ1v) is 10.9. The van der Waals surface area contributed by atoms with Crippen molar-refractivity contribution in [3.63, 3.8) is 0 Å². The lowest BCUT2D eigenvalue weighted by molar-refractivity contribution is -0.127. The Bertz CT molecular complexity index is 940. The highest BCUT2D eigenvalue weighted by Gasteiger charge is 2.29. The fourth-order valence-electron chi connectivity index (χ4n) is 2.80. The minimum atomic E-state index is -3.63. The van der Waals surface area contributed by atoms with E-state index in [1.165, 1.54) is 41.6 Å². The molecule has 3 rings (SSSR count). The molecule has 8 heteroatoms. The zero-order chi connectivity index (χ0) is 19.4. The molecule has 1 fully saturated rings. The van der Waals surface area contributed by atoms with Crippen LogP contribution in [0.15, 0.2) is 52.1 Å². The number of amides is 1. The van der Waals surface area contributed by atoms with Crippen LogP contribution in [0.1, 0.15) is 22.8 Å². The van der Waals surface area contributed by atoms with Crippen molar-refractivity contribution in [2.75, 3.05) is 26.2 Å². The van der Waals surface area contributed by atoms with Crippen molar-refractivity contribution in [2.45, 2.75) is 11.8 Å². The second kappa shape index (κ2) is 8.16. The smallest absolute Gasteiger partial charge is 0.246 e. The molecule has 1 aromatic heterocycles. The number of Topliss-reactive ketones (excluding diaryl/α,β-unsaturated/α-hetero) is 1. The van der Waals surface area contributed by atoms with Gasteiger partial charge in [0.05, 0.1) is 4.90 Å². The molecular weight excluding hydrogens is 384 g/mol. The quantitative estimate of drug-likeness (QED) is 0.567. The van der Waals surface area contributed by atoms with E-state index in [9.17, 15) is 18.0 Å². The third kappa shape index (κ3) is 4.52. The molecule has 1 aliphatic rings. The zero-order valence-corrected chi connectivity index (χ0v) is 16.5. The van der Waals surface area contributed by atoms with E-state index in [-0.39, 0.29) is 29.7 Å². The van der Waals surface area contributed by atoms with Crippen LogP contribution in [0.3, 0.4) is 0 Å². The summed E-state index contributed by atoms with van der Waals surface area (Å²) in [6, 6.07) is 7.87. The topological polar surface area (TPSA) is 74.8 Å². The maximum Gasteiger partial charge on any atom is 0.246 e. The largest absolute Gasteiger partial charge is 0.337 e. The molecule has 0 unspecified atom stereocenters. The first-order chi connectivity index (χ1) is 12.9. The van der Waals surface area contributed by atoms with Crippen LogP contribution in [-0.4, -0.2) is 55.5 Å². The molecule has 0 spiro atoms. The van der Waals surface area contributed by atoms with Crippen molar-refractivity contribution in [1.82, 2.24) is 9.21 Å². The molecule has 1 aliphatic heterocycles. The molecule has 6 nitrogen and oxygen atoms in total. The molecule has 0 aliphatic carbocycles. The Hall–Kier alpha value is -2.29. The maximum absolute atomic E-state index is 12.8. The third-order valence-corrected chi connectivity index (χ3v) is 7.02. The average molecular weight is 405 g/mol. The van der Waals surface area contributed by atoms with Gasteiger partial charge in [-0.1, -0.05) is 12.1 Å². The second-order valence-corrected chi connectivity index (χ2v) is 8.92. The first-order valence-electron chi connectivity index (χ1n) is 8.48. The number of ketones is 1. The lowest BCUT2D eigenvalue weighted by atomic mass is 10.2. The van der Waals surface area contributed by atoms with Crippen LogP contribution < -0.4 is 0 Å². The highest BCUT2D eigenvalue weighted by molar-refractivity contribution is 7.89. The van der Waals surface area contributed by atoms with Gasteiger partial charge < -0.3 is 4.90 Å². The van der Waals surface area contributed by atoms with Crippen LogP contribution in [0, 0.1) is 0 Å². The van der Waals surface area contributed by atoms with Crippen molar-refractivity contribution in [2.24, 2.45) is 0 Å². The summed E-state index contributed by atoms with van der Waals surface area (Å²) >= 11 is 1.56. The molecule has 0 bridgehead atoms. The van der Waals surface area contributed by atoms with Crippen LogP contribution in [-0.2, 0) is 14.8 Å². The standard InChI is InChI=1S/C19H20N2O4S2/c1-15(22)17-3-5-18(6-4-17)27(24,25)21-11-9-20(10-12-21)19(23)7-2-16-8-13-26-14-16/h2-8,13-14H,9-12H2,1H3. The SMILES string of the molecule is CC(=O)c1ccc(S(=O)(=O)N2CCN(C(=O)C=Cc3ccsc3)CC2)cc1. The van der Waals surface area contributed by atoms with Gasteiger partial charge >= 0.3 is 0 Å². The molecule has 142 valence electrons. The highest BCUT2D eigenvalue weighted by Crippen LogP contribution is 2.19. The Morgan fingerprint density at radius 2 is 1.70 bits per heavy atom. The van der Waals surface area contributed by atoms with Crippen molar-refractivity contribution < 1.29 is 18.0 Å². The van der Waals surface area contributed by atoms with Gasteiger partial charge in [0.2, 0.25) is 15.9 Å². The highest BCUT2D eigenvalue weighted by atomic mass is 32.2. The van der Waals surface area contributed by atoms with Crippen LogP contribution in [0.4, 0.5) is 0 Å². The molecule has 0 saturated carbocycles. The summed E-state index contributed by atoms with van der Waals surface area (Å²) in [5.74, 6) is -0.231. The molecular formula is C19H20N2O4S2. The number of sulfonamides is 1. The van der Waals surface area contributed by atoms with E-state index in [0.717, 1.165) is 5.56 Å². The first kappa shape index (κ1) is 19.5. The lowest BCUT2D eigenvalue weighted by Crippen LogP contribution is -2.50. The zero-order valence-electron chi connectivity index (χ0n) is 14.9. The summed E-state index contributed by atoms with van der Waals surface area (Å²) in [6.45, 7) is 2.62. The van der Waals surface area contributed by atoms with Crippen molar-refractivity contribution in [3.05, 3.63) is 58.3 Å². The third-order valence-electron chi connectivity index (χ3n) is 4.41. The van der Waals surface area contributed by atoms with Gasteiger partial charge in [-0.15, -0.1) is 0 Å². The molecule has 1 amide bonds. The number of thiophene rings is 1. The van der Waals surface area contributed by atoms with Crippen LogP contribution >= 0.6 is 11.3 Å². The second-order valence-electron chi connectivity index (χ2n) is 6.20. The van der Waals surface area contributed by atoms with E-state index in [1.807, 2.05) is 16.8 Å². The van der Waals surface area contributed by atoms with E-state index < -0.39 is 10.0 Å². The van der Waals surface area contributed by atoms with E-state index in [0.29, 0.717) is 18.7 Å². The summed E-state index contributed by atoms with van der Waals surface area (Å²) in [7, 11) is -3.63. The van der Waals surface area contributed by atoms with E-state index in [4.69, 9.17) is 0 Å². The number of hydrogen-bond acceptors (Lipinski definition) is 5. The van der Waals surface area contributed by atoms with Gasteiger partial charge in [0.15, 0.2) is 5.78 Å². The summed E-state index contributed by atoms with van der Waals surface area (Å²) in [5, 5.41) is 3.89. The van der Waals surface area contributed by atoms with Crippen LogP contribution in [0.5, 0.6) is 0 Å². The fourth-order valence-corrected chi connectivity index (χ4v) is 4.85. The number of carbonyl (C=O) groups is 2. The van der Waals surface area contributed by atoms with Gasteiger partial charge in [0.25, 0.3) is 0 Å². The Kier molecular flexibility index (Phi) is 5.88. The van der Waals surface area contributed by atoms with E-state index >= 15 is 0 Å². The van der Waals surface area contributed by atoms with Crippen LogP contribution in [0.25, 0.3) is 6.08 Å². The predicted molar refractivity (Wildman–Crippen MR) is 105 cm³/mol. The molecule has 2 heterocycles. The van der Waals surface area contributed by atoms with Gasteiger partial charge in [-0.05, 0) is 47.5 Å². The number of piperazine rings is 1. The van der Waals surface area contributed by atoms with E-state index in [2.05, 4.69) is 0 Å².